The van der Waals surface area contributed by atoms with Crippen LogP contribution in [0, 0.1) is 0 Å². The van der Waals surface area contributed by atoms with Crippen molar-refractivity contribution in [2.75, 3.05) is 6.54 Å². The lowest BCUT2D eigenvalue weighted by atomic mass is 10.3. The van der Waals surface area contributed by atoms with Crippen LogP contribution in [0.3, 0.4) is 0 Å². The largest absolute Gasteiger partial charge is 0.481 e. The normalized spacial score (nSPS) is 9.93. The monoisotopic (exact) mass is 276 g/mol. The summed E-state index contributed by atoms with van der Waals surface area (Å²) in [5, 5.41) is 14.3. The molecular formula is C8H9BrN2O4. The number of hydrogen-bond acceptors (Lipinski definition) is 4. The summed E-state index contributed by atoms with van der Waals surface area (Å²) in [6.45, 7) is 0.295. The first-order chi connectivity index (χ1) is 7.09. The maximum atomic E-state index is 11.3. The third kappa shape index (κ3) is 4.11. The zero-order chi connectivity index (χ0) is 11.3. The minimum Gasteiger partial charge on any atom is -0.481 e. The lowest BCUT2D eigenvalue weighted by molar-refractivity contribution is -0.137. The Labute approximate surface area is 93.8 Å². The quantitative estimate of drug-likeness (QED) is 0.784. The summed E-state index contributed by atoms with van der Waals surface area (Å²) in [4.78, 5) is 21.5. The van der Waals surface area contributed by atoms with Crippen LogP contribution in [-0.2, 0) is 4.79 Å². The number of carboxylic acid groups (broad SMARTS) is 1. The number of amides is 1. The SMILES string of the molecule is O=C(O)CCCNC(=O)c1cc(Br)no1. The lowest BCUT2D eigenvalue weighted by Gasteiger charge is -1.99. The molecule has 82 valence electrons. The number of nitrogens with one attached hydrogen (secondary N) is 1. The van der Waals surface area contributed by atoms with Crippen LogP contribution in [0.4, 0.5) is 0 Å². The third-order valence-electron chi connectivity index (χ3n) is 1.56. The van der Waals surface area contributed by atoms with Crippen molar-refractivity contribution in [3.8, 4) is 0 Å². The van der Waals surface area contributed by atoms with E-state index in [0.717, 1.165) is 0 Å². The first-order valence-electron chi connectivity index (χ1n) is 4.22. The van der Waals surface area contributed by atoms with E-state index in [1.54, 1.807) is 0 Å². The highest BCUT2D eigenvalue weighted by atomic mass is 79.9. The van der Waals surface area contributed by atoms with Gasteiger partial charge in [-0.2, -0.15) is 0 Å². The smallest absolute Gasteiger partial charge is 0.303 e. The van der Waals surface area contributed by atoms with E-state index < -0.39 is 11.9 Å². The molecule has 1 rings (SSSR count). The van der Waals surface area contributed by atoms with Crippen LogP contribution in [0.25, 0.3) is 0 Å². The molecule has 0 aromatic carbocycles. The van der Waals surface area contributed by atoms with E-state index in [9.17, 15) is 9.59 Å². The van der Waals surface area contributed by atoms with Crippen molar-refractivity contribution < 1.29 is 19.2 Å². The Morgan fingerprint density at radius 2 is 2.33 bits per heavy atom. The second-order valence-electron chi connectivity index (χ2n) is 2.77. The highest BCUT2D eigenvalue weighted by molar-refractivity contribution is 9.10. The number of nitrogens with zero attached hydrogens (tertiary/aromatic N) is 1. The highest BCUT2D eigenvalue weighted by Crippen LogP contribution is 2.09. The van der Waals surface area contributed by atoms with Crippen molar-refractivity contribution in [1.82, 2.24) is 10.5 Å². The number of aromatic nitrogens is 1. The van der Waals surface area contributed by atoms with Gasteiger partial charge in [-0.1, -0.05) is 5.16 Å². The molecule has 1 amide bonds. The van der Waals surface area contributed by atoms with Gasteiger partial charge in [-0.25, -0.2) is 0 Å². The second-order valence-corrected chi connectivity index (χ2v) is 3.58. The first-order valence-corrected chi connectivity index (χ1v) is 5.01. The summed E-state index contributed by atoms with van der Waals surface area (Å²) in [6.07, 6.45) is 0.413. The maximum Gasteiger partial charge on any atom is 0.303 e. The van der Waals surface area contributed by atoms with Gasteiger partial charge in [0.1, 0.15) is 4.60 Å². The molecule has 1 aromatic heterocycles. The maximum absolute atomic E-state index is 11.3. The minimum absolute atomic E-state index is 0.0282. The predicted molar refractivity (Wildman–Crippen MR) is 53.4 cm³/mol. The summed E-state index contributed by atoms with van der Waals surface area (Å²) in [6, 6.07) is 1.44. The summed E-state index contributed by atoms with van der Waals surface area (Å²) in [7, 11) is 0. The molecule has 0 fully saturated rings. The number of carboxylic acids is 1. The number of halogens is 1. The van der Waals surface area contributed by atoms with Crippen molar-refractivity contribution in [2.24, 2.45) is 0 Å². The molecule has 0 aliphatic rings. The van der Waals surface area contributed by atoms with Gasteiger partial charge in [-0.15, -0.1) is 0 Å². The van der Waals surface area contributed by atoms with Crippen molar-refractivity contribution >= 4 is 27.8 Å². The molecule has 0 saturated heterocycles. The number of aliphatic carboxylic acids is 1. The fourth-order valence-electron chi connectivity index (χ4n) is 0.889. The van der Waals surface area contributed by atoms with Crippen molar-refractivity contribution in [3.63, 3.8) is 0 Å². The number of carbonyl (C=O) groups is 2. The first kappa shape index (κ1) is 11.7. The number of hydrogen-bond donors (Lipinski definition) is 2. The van der Waals surface area contributed by atoms with E-state index in [2.05, 4.69) is 30.9 Å². The summed E-state index contributed by atoms with van der Waals surface area (Å²) < 4.78 is 5.12. The molecule has 6 nitrogen and oxygen atoms in total. The second kappa shape index (κ2) is 5.50. The Hall–Kier alpha value is -1.37. The number of rotatable bonds is 5. The average molecular weight is 277 g/mol. The van der Waals surface area contributed by atoms with Crippen LogP contribution >= 0.6 is 15.9 Å². The zero-order valence-corrected chi connectivity index (χ0v) is 9.28. The molecule has 0 aliphatic heterocycles. The van der Waals surface area contributed by atoms with Gasteiger partial charge in [-0.3, -0.25) is 9.59 Å². The van der Waals surface area contributed by atoms with Crippen LogP contribution in [0.15, 0.2) is 15.2 Å². The van der Waals surface area contributed by atoms with Crippen molar-refractivity contribution in [2.45, 2.75) is 12.8 Å². The van der Waals surface area contributed by atoms with Gasteiger partial charge < -0.3 is 14.9 Å². The molecule has 0 aliphatic carbocycles. The summed E-state index contributed by atoms with van der Waals surface area (Å²) in [5.74, 6) is -1.19. The summed E-state index contributed by atoms with van der Waals surface area (Å²) in [5.41, 5.74) is 0. The molecular weight excluding hydrogens is 268 g/mol. The fourth-order valence-corrected chi connectivity index (χ4v) is 1.17. The van der Waals surface area contributed by atoms with Crippen LogP contribution in [0.5, 0.6) is 0 Å². The minimum atomic E-state index is -0.883. The molecule has 0 unspecified atom stereocenters. The van der Waals surface area contributed by atoms with Gasteiger partial charge in [0.2, 0.25) is 5.76 Å². The van der Waals surface area contributed by atoms with E-state index in [1.165, 1.54) is 6.07 Å². The van der Waals surface area contributed by atoms with E-state index in [1.807, 2.05) is 0 Å². The standard InChI is InChI=1S/C8H9BrN2O4/c9-6-4-5(15-11-6)8(14)10-3-1-2-7(12)13/h4H,1-3H2,(H,10,14)(H,12,13). The Balaban J connectivity index is 2.28. The van der Waals surface area contributed by atoms with Crippen molar-refractivity contribution in [3.05, 3.63) is 16.4 Å². The molecule has 7 heteroatoms. The van der Waals surface area contributed by atoms with Crippen LogP contribution in [0.1, 0.15) is 23.4 Å². The molecule has 2 N–H and O–H groups in total. The average Bonchev–Trinajstić information content (AvgIpc) is 2.59. The predicted octanol–water partition coefficient (Wildman–Crippen LogP) is 1.03. The summed E-state index contributed by atoms with van der Waals surface area (Å²) >= 11 is 3.04. The topological polar surface area (TPSA) is 92.4 Å². The van der Waals surface area contributed by atoms with Gasteiger partial charge >= 0.3 is 5.97 Å². The molecule has 15 heavy (non-hydrogen) atoms. The Morgan fingerprint density at radius 3 is 2.87 bits per heavy atom. The molecule has 1 aromatic rings. The van der Waals surface area contributed by atoms with E-state index in [-0.39, 0.29) is 12.2 Å². The highest BCUT2D eigenvalue weighted by Gasteiger charge is 2.10. The fraction of sp³-hybridized carbons (Fsp3) is 0.375. The molecule has 0 radical (unpaired) electrons. The molecule has 1 heterocycles. The molecule has 0 saturated carbocycles. The van der Waals surface area contributed by atoms with Crippen molar-refractivity contribution in [1.29, 1.82) is 0 Å². The molecule has 0 bridgehead atoms. The third-order valence-corrected chi connectivity index (χ3v) is 1.93. The van der Waals surface area contributed by atoms with Gasteiger partial charge in [0, 0.05) is 19.0 Å². The van der Waals surface area contributed by atoms with Gasteiger partial charge in [-0.05, 0) is 22.4 Å². The van der Waals surface area contributed by atoms with Crippen LogP contribution < -0.4 is 5.32 Å². The zero-order valence-electron chi connectivity index (χ0n) is 7.70. The van der Waals surface area contributed by atoms with Gasteiger partial charge in [0.25, 0.3) is 5.91 Å². The Kier molecular flexibility index (Phi) is 4.29. The van der Waals surface area contributed by atoms with Gasteiger partial charge in [0.05, 0.1) is 0 Å². The van der Waals surface area contributed by atoms with E-state index in [0.29, 0.717) is 17.6 Å². The molecule has 0 spiro atoms. The Bertz CT molecular complexity index is 363. The molecule has 0 atom stereocenters. The van der Waals surface area contributed by atoms with E-state index in [4.69, 9.17) is 5.11 Å². The van der Waals surface area contributed by atoms with Crippen LogP contribution in [0.2, 0.25) is 0 Å². The van der Waals surface area contributed by atoms with E-state index >= 15 is 0 Å². The number of carbonyl (C=O) groups excluding carboxylic acids is 1. The lowest BCUT2D eigenvalue weighted by Crippen LogP contribution is -2.24. The van der Waals surface area contributed by atoms with Crippen LogP contribution in [-0.4, -0.2) is 28.7 Å². The van der Waals surface area contributed by atoms with Gasteiger partial charge in [0.15, 0.2) is 0 Å². The Morgan fingerprint density at radius 1 is 1.60 bits per heavy atom.